The van der Waals surface area contributed by atoms with Gasteiger partial charge in [0.2, 0.25) is 0 Å². The Balaban J connectivity index is 2.56. The molecule has 1 rings (SSSR count). The highest BCUT2D eigenvalue weighted by molar-refractivity contribution is 5.95. The van der Waals surface area contributed by atoms with Crippen LogP contribution in [-0.4, -0.2) is 31.7 Å². The van der Waals surface area contributed by atoms with Crippen LogP contribution in [0.25, 0.3) is 0 Å². The third-order valence-corrected chi connectivity index (χ3v) is 2.37. The van der Waals surface area contributed by atoms with Crippen LogP contribution in [0.1, 0.15) is 22.8 Å². The first-order valence-corrected chi connectivity index (χ1v) is 5.77. The van der Waals surface area contributed by atoms with Crippen molar-refractivity contribution in [2.45, 2.75) is 13.1 Å². The van der Waals surface area contributed by atoms with Gasteiger partial charge in [0.15, 0.2) is 5.78 Å². The van der Waals surface area contributed by atoms with E-state index in [0.29, 0.717) is 16.8 Å². The molecule has 1 aromatic carbocycles. The summed E-state index contributed by atoms with van der Waals surface area (Å²) in [6, 6.07) is 6.42. The number of hydrogen-bond acceptors (Lipinski definition) is 4. The molecule has 0 heterocycles. The Morgan fingerprint density at radius 2 is 2.15 bits per heavy atom. The van der Waals surface area contributed by atoms with E-state index >= 15 is 0 Å². The standard InChI is InChI=1S/C13H13F3N2O2/c1-9(19)10-2-3-11(7-17)12(6-10)18-4-5-20-8-13(14,15)16/h2-3,6,18H,4-5,8H2,1H3. The lowest BCUT2D eigenvalue weighted by Gasteiger charge is -2.11. The molecule has 0 aromatic heterocycles. The molecule has 0 spiro atoms. The van der Waals surface area contributed by atoms with Gasteiger partial charge < -0.3 is 10.1 Å². The van der Waals surface area contributed by atoms with Crippen LogP contribution in [0.3, 0.4) is 0 Å². The minimum atomic E-state index is -4.35. The summed E-state index contributed by atoms with van der Waals surface area (Å²) in [5.74, 6) is -0.161. The van der Waals surface area contributed by atoms with E-state index in [1.807, 2.05) is 6.07 Å². The third kappa shape index (κ3) is 5.28. The van der Waals surface area contributed by atoms with Gasteiger partial charge in [-0.05, 0) is 25.1 Å². The first-order chi connectivity index (χ1) is 9.33. The molecule has 20 heavy (non-hydrogen) atoms. The van der Waals surface area contributed by atoms with Crippen molar-refractivity contribution >= 4 is 11.5 Å². The minimum Gasteiger partial charge on any atom is -0.382 e. The van der Waals surface area contributed by atoms with Gasteiger partial charge in [-0.2, -0.15) is 18.4 Å². The molecular formula is C13H13F3N2O2. The van der Waals surface area contributed by atoms with E-state index in [1.165, 1.54) is 25.1 Å². The molecule has 7 heteroatoms. The van der Waals surface area contributed by atoms with E-state index in [0.717, 1.165) is 0 Å². The van der Waals surface area contributed by atoms with E-state index in [-0.39, 0.29) is 18.9 Å². The van der Waals surface area contributed by atoms with Crippen LogP contribution in [0.2, 0.25) is 0 Å². The molecule has 0 saturated heterocycles. The van der Waals surface area contributed by atoms with E-state index in [9.17, 15) is 18.0 Å². The van der Waals surface area contributed by atoms with Crippen LogP contribution >= 0.6 is 0 Å². The van der Waals surface area contributed by atoms with Crippen molar-refractivity contribution in [3.8, 4) is 6.07 Å². The van der Waals surface area contributed by atoms with Gasteiger partial charge in [0.05, 0.1) is 17.9 Å². The Kier molecular flexibility index (Phi) is 5.53. The van der Waals surface area contributed by atoms with Gasteiger partial charge in [0, 0.05) is 12.1 Å². The minimum absolute atomic E-state index is 0.103. The van der Waals surface area contributed by atoms with Gasteiger partial charge in [-0.15, -0.1) is 0 Å². The molecule has 0 radical (unpaired) electrons. The van der Waals surface area contributed by atoms with Crippen molar-refractivity contribution in [3.05, 3.63) is 29.3 Å². The van der Waals surface area contributed by atoms with E-state index in [1.54, 1.807) is 0 Å². The summed E-state index contributed by atoms with van der Waals surface area (Å²) < 4.78 is 40.0. The van der Waals surface area contributed by atoms with Crippen LogP contribution in [0.4, 0.5) is 18.9 Å². The number of nitriles is 1. The smallest absolute Gasteiger partial charge is 0.382 e. The molecule has 4 nitrogen and oxygen atoms in total. The number of carbonyl (C=O) groups excluding carboxylic acids is 1. The molecule has 1 N–H and O–H groups in total. The first-order valence-electron chi connectivity index (χ1n) is 5.77. The summed E-state index contributed by atoms with van der Waals surface area (Å²) in [6.07, 6.45) is -4.35. The monoisotopic (exact) mass is 286 g/mol. The number of Topliss-reactive ketones (excluding diaryl/α,β-unsaturated/α-hetero) is 1. The molecule has 0 atom stereocenters. The van der Waals surface area contributed by atoms with Crippen molar-refractivity contribution in [2.75, 3.05) is 25.1 Å². The maximum atomic E-state index is 11.8. The summed E-state index contributed by atoms with van der Waals surface area (Å²) in [5.41, 5.74) is 1.13. The maximum absolute atomic E-state index is 11.8. The lowest BCUT2D eigenvalue weighted by atomic mass is 10.1. The van der Waals surface area contributed by atoms with Crippen LogP contribution in [0.5, 0.6) is 0 Å². The number of carbonyl (C=O) groups is 1. The summed E-state index contributed by atoms with van der Waals surface area (Å²) in [5, 5.41) is 11.7. The molecule has 0 aliphatic rings. The van der Waals surface area contributed by atoms with Gasteiger partial charge in [-0.3, -0.25) is 4.79 Å². The number of hydrogen-bond donors (Lipinski definition) is 1. The predicted molar refractivity (Wildman–Crippen MR) is 66.5 cm³/mol. The molecule has 0 fully saturated rings. The number of alkyl halides is 3. The van der Waals surface area contributed by atoms with E-state index < -0.39 is 12.8 Å². The van der Waals surface area contributed by atoms with Crippen LogP contribution in [0, 0.1) is 11.3 Å². The summed E-state index contributed by atoms with van der Waals surface area (Å²) in [4.78, 5) is 11.2. The zero-order chi connectivity index (χ0) is 15.2. The molecule has 0 bridgehead atoms. The van der Waals surface area contributed by atoms with E-state index in [2.05, 4.69) is 10.1 Å². The van der Waals surface area contributed by atoms with Crippen molar-refractivity contribution in [1.82, 2.24) is 0 Å². The number of benzene rings is 1. The van der Waals surface area contributed by atoms with Gasteiger partial charge in [-0.25, -0.2) is 0 Å². The number of ether oxygens (including phenoxy) is 1. The van der Waals surface area contributed by atoms with Gasteiger partial charge in [0.25, 0.3) is 0 Å². The topological polar surface area (TPSA) is 62.1 Å². The second-order valence-electron chi connectivity index (χ2n) is 4.02. The number of ketones is 1. The zero-order valence-corrected chi connectivity index (χ0v) is 10.8. The Morgan fingerprint density at radius 1 is 1.45 bits per heavy atom. The predicted octanol–water partition coefficient (Wildman–Crippen LogP) is 2.75. The molecule has 1 aromatic rings. The molecular weight excluding hydrogens is 273 g/mol. The number of nitrogens with zero attached hydrogens (tertiary/aromatic N) is 1. The second kappa shape index (κ2) is 6.91. The molecule has 0 amide bonds. The normalized spacial score (nSPS) is 10.9. The molecule has 108 valence electrons. The number of nitrogens with one attached hydrogen (secondary N) is 1. The summed E-state index contributed by atoms with van der Waals surface area (Å²) in [6.45, 7) is 0.0195. The Hall–Kier alpha value is -2.07. The molecule has 0 aliphatic heterocycles. The summed E-state index contributed by atoms with van der Waals surface area (Å²) >= 11 is 0. The molecule has 0 unspecified atom stereocenters. The lowest BCUT2D eigenvalue weighted by molar-refractivity contribution is -0.172. The van der Waals surface area contributed by atoms with Crippen molar-refractivity contribution in [2.24, 2.45) is 0 Å². The van der Waals surface area contributed by atoms with Gasteiger partial charge in [-0.1, -0.05) is 0 Å². The number of rotatable bonds is 6. The zero-order valence-electron chi connectivity index (χ0n) is 10.8. The van der Waals surface area contributed by atoms with Crippen LogP contribution in [0.15, 0.2) is 18.2 Å². The van der Waals surface area contributed by atoms with Crippen LogP contribution < -0.4 is 5.32 Å². The fourth-order valence-corrected chi connectivity index (χ4v) is 1.45. The van der Waals surface area contributed by atoms with E-state index in [4.69, 9.17) is 5.26 Å². The Labute approximate surface area is 114 Å². The number of halogens is 3. The van der Waals surface area contributed by atoms with Gasteiger partial charge in [0.1, 0.15) is 12.7 Å². The Morgan fingerprint density at radius 3 is 2.70 bits per heavy atom. The quantitative estimate of drug-likeness (QED) is 0.645. The summed E-state index contributed by atoms with van der Waals surface area (Å²) in [7, 11) is 0. The SMILES string of the molecule is CC(=O)c1ccc(C#N)c(NCCOCC(F)(F)F)c1. The van der Waals surface area contributed by atoms with Crippen molar-refractivity contribution in [1.29, 1.82) is 5.26 Å². The van der Waals surface area contributed by atoms with Crippen LogP contribution in [-0.2, 0) is 4.74 Å². The van der Waals surface area contributed by atoms with Crippen molar-refractivity contribution in [3.63, 3.8) is 0 Å². The first kappa shape index (κ1) is 16.0. The fourth-order valence-electron chi connectivity index (χ4n) is 1.45. The Bertz CT molecular complexity index is 521. The number of anilines is 1. The second-order valence-corrected chi connectivity index (χ2v) is 4.02. The molecule has 0 aliphatic carbocycles. The highest BCUT2D eigenvalue weighted by Gasteiger charge is 2.27. The average molecular weight is 286 g/mol. The third-order valence-electron chi connectivity index (χ3n) is 2.37. The largest absolute Gasteiger partial charge is 0.411 e. The highest BCUT2D eigenvalue weighted by Crippen LogP contribution is 2.17. The molecule has 0 saturated carbocycles. The maximum Gasteiger partial charge on any atom is 0.411 e. The average Bonchev–Trinajstić information content (AvgIpc) is 2.36. The lowest BCUT2D eigenvalue weighted by Crippen LogP contribution is -2.20. The van der Waals surface area contributed by atoms with Crippen molar-refractivity contribution < 1.29 is 22.7 Å². The highest BCUT2D eigenvalue weighted by atomic mass is 19.4. The fraction of sp³-hybridized carbons (Fsp3) is 0.385. The van der Waals surface area contributed by atoms with Gasteiger partial charge >= 0.3 is 6.18 Å².